The third-order valence-corrected chi connectivity index (χ3v) is 4.91. The molecule has 0 fully saturated rings. The van der Waals surface area contributed by atoms with Crippen LogP contribution in [0, 0.1) is 6.92 Å². The number of carbonyl (C=O) groups excluding carboxylic acids is 1. The molecule has 19 heavy (non-hydrogen) atoms. The quantitative estimate of drug-likeness (QED) is 0.798. The summed E-state index contributed by atoms with van der Waals surface area (Å²) in [4.78, 5) is 15.5. The fourth-order valence-electron chi connectivity index (χ4n) is 1.88. The van der Waals surface area contributed by atoms with Crippen LogP contribution in [0.5, 0.6) is 0 Å². The lowest BCUT2D eigenvalue weighted by Crippen LogP contribution is -2.29. The molecule has 0 bridgehead atoms. The molecule has 4 heteroatoms. The van der Waals surface area contributed by atoms with Gasteiger partial charge in [-0.2, -0.15) is 0 Å². The van der Waals surface area contributed by atoms with E-state index in [0.717, 1.165) is 10.0 Å². The molecule has 1 aromatic heterocycles. The van der Waals surface area contributed by atoms with Crippen LogP contribution in [0.3, 0.4) is 0 Å². The van der Waals surface area contributed by atoms with Crippen LogP contribution >= 0.6 is 27.3 Å². The van der Waals surface area contributed by atoms with E-state index in [9.17, 15) is 4.79 Å². The Balaban J connectivity index is 2.24. The highest BCUT2D eigenvalue weighted by Crippen LogP contribution is 2.27. The zero-order valence-corrected chi connectivity index (χ0v) is 13.6. The van der Waals surface area contributed by atoms with E-state index < -0.39 is 0 Å². The van der Waals surface area contributed by atoms with E-state index in [1.54, 1.807) is 16.2 Å². The van der Waals surface area contributed by atoms with E-state index in [1.807, 2.05) is 50.5 Å². The highest BCUT2D eigenvalue weighted by molar-refractivity contribution is 9.10. The van der Waals surface area contributed by atoms with Crippen LogP contribution in [0.15, 0.2) is 40.2 Å². The molecule has 0 saturated carbocycles. The minimum absolute atomic E-state index is 0.0350. The molecule has 2 nitrogen and oxygen atoms in total. The minimum Gasteiger partial charge on any atom is -0.334 e. The van der Waals surface area contributed by atoms with Crippen LogP contribution in [0.4, 0.5) is 0 Å². The molecule has 100 valence electrons. The Labute approximate surface area is 126 Å². The average molecular weight is 338 g/mol. The van der Waals surface area contributed by atoms with Crippen LogP contribution < -0.4 is 0 Å². The van der Waals surface area contributed by atoms with Gasteiger partial charge >= 0.3 is 0 Å². The van der Waals surface area contributed by atoms with Gasteiger partial charge in [0, 0.05) is 16.4 Å². The number of amides is 1. The number of nitrogens with zero attached hydrogens (tertiary/aromatic N) is 1. The molecular formula is C15H16BrNOS. The summed E-state index contributed by atoms with van der Waals surface area (Å²) in [7, 11) is 1.85. The van der Waals surface area contributed by atoms with Crippen LogP contribution in [-0.2, 0) is 0 Å². The van der Waals surface area contributed by atoms with Crippen molar-refractivity contribution in [3.8, 4) is 0 Å². The minimum atomic E-state index is 0.0350. The Bertz CT molecular complexity index is 580. The van der Waals surface area contributed by atoms with E-state index in [2.05, 4.69) is 22.0 Å². The third-order valence-electron chi connectivity index (χ3n) is 3.21. The molecule has 1 unspecified atom stereocenters. The van der Waals surface area contributed by atoms with Crippen molar-refractivity contribution >= 4 is 33.2 Å². The maximum absolute atomic E-state index is 12.5. The van der Waals surface area contributed by atoms with Crippen molar-refractivity contribution in [2.45, 2.75) is 19.9 Å². The van der Waals surface area contributed by atoms with Gasteiger partial charge < -0.3 is 4.90 Å². The number of benzene rings is 1. The van der Waals surface area contributed by atoms with Crippen molar-refractivity contribution in [1.82, 2.24) is 4.90 Å². The average Bonchev–Trinajstić information content (AvgIpc) is 2.90. The predicted octanol–water partition coefficient (Wildman–Crippen LogP) is 4.65. The Hall–Kier alpha value is -1.13. The van der Waals surface area contributed by atoms with Gasteiger partial charge in [0.15, 0.2) is 0 Å². The molecule has 0 aliphatic heterocycles. The maximum atomic E-state index is 12.5. The lowest BCUT2D eigenvalue weighted by Gasteiger charge is -2.24. The molecule has 1 heterocycles. The van der Waals surface area contributed by atoms with E-state index in [4.69, 9.17) is 0 Å². The largest absolute Gasteiger partial charge is 0.334 e. The normalized spacial score (nSPS) is 12.2. The fraction of sp³-hybridized carbons (Fsp3) is 0.267. The van der Waals surface area contributed by atoms with Gasteiger partial charge in [0.05, 0.1) is 11.6 Å². The molecule has 0 spiro atoms. The van der Waals surface area contributed by atoms with Crippen LogP contribution in [0.25, 0.3) is 0 Å². The number of thiophene rings is 1. The summed E-state index contributed by atoms with van der Waals surface area (Å²) in [6.07, 6.45) is 0. The molecule has 0 radical (unpaired) electrons. The summed E-state index contributed by atoms with van der Waals surface area (Å²) in [5, 5.41) is 2.03. The van der Waals surface area contributed by atoms with Gasteiger partial charge in [-0.3, -0.25) is 4.79 Å². The molecule has 2 rings (SSSR count). The monoisotopic (exact) mass is 337 g/mol. The standard InChI is InChI=1S/C15H16BrNOS/c1-10-6-7-12(13(16)9-10)15(18)17(3)11(2)14-5-4-8-19-14/h4-9,11H,1-3H3. The molecule has 1 amide bonds. The van der Waals surface area contributed by atoms with Gasteiger partial charge in [-0.15, -0.1) is 11.3 Å². The zero-order valence-electron chi connectivity index (χ0n) is 11.2. The number of hydrogen-bond acceptors (Lipinski definition) is 2. The van der Waals surface area contributed by atoms with Gasteiger partial charge in [0.2, 0.25) is 0 Å². The van der Waals surface area contributed by atoms with Gasteiger partial charge in [0.25, 0.3) is 5.91 Å². The summed E-state index contributed by atoms with van der Waals surface area (Å²) >= 11 is 5.14. The molecule has 0 aliphatic rings. The summed E-state index contributed by atoms with van der Waals surface area (Å²) in [6, 6.07) is 9.96. The molecule has 0 N–H and O–H groups in total. The Morgan fingerprint density at radius 1 is 1.37 bits per heavy atom. The second-order valence-electron chi connectivity index (χ2n) is 4.59. The molecule has 2 aromatic rings. The number of hydrogen-bond donors (Lipinski definition) is 0. The van der Waals surface area contributed by atoms with E-state index >= 15 is 0 Å². The van der Waals surface area contributed by atoms with Gasteiger partial charge in [-0.1, -0.05) is 12.1 Å². The lowest BCUT2D eigenvalue weighted by molar-refractivity contribution is 0.0744. The van der Waals surface area contributed by atoms with Crippen molar-refractivity contribution in [3.63, 3.8) is 0 Å². The zero-order chi connectivity index (χ0) is 14.0. The third kappa shape index (κ3) is 3.07. The molecular weight excluding hydrogens is 322 g/mol. The van der Waals surface area contributed by atoms with Crippen molar-refractivity contribution in [2.75, 3.05) is 7.05 Å². The van der Waals surface area contributed by atoms with Crippen molar-refractivity contribution in [2.24, 2.45) is 0 Å². The van der Waals surface area contributed by atoms with Crippen LogP contribution in [0.2, 0.25) is 0 Å². The SMILES string of the molecule is Cc1ccc(C(=O)N(C)C(C)c2cccs2)c(Br)c1. The second kappa shape index (κ2) is 5.88. The first-order chi connectivity index (χ1) is 9.00. The number of rotatable bonds is 3. The Morgan fingerprint density at radius 2 is 2.11 bits per heavy atom. The predicted molar refractivity (Wildman–Crippen MR) is 83.7 cm³/mol. The van der Waals surface area contributed by atoms with E-state index in [0.29, 0.717) is 5.56 Å². The first kappa shape index (κ1) is 14.3. The summed E-state index contributed by atoms with van der Waals surface area (Å²) in [6.45, 7) is 4.06. The summed E-state index contributed by atoms with van der Waals surface area (Å²) in [5.41, 5.74) is 1.84. The van der Waals surface area contributed by atoms with Gasteiger partial charge in [-0.05, 0) is 58.9 Å². The first-order valence-electron chi connectivity index (χ1n) is 6.07. The van der Waals surface area contributed by atoms with E-state index in [1.165, 1.54) is 4.88 Å². The second-order valence-corrected chi connectivity index (χ2v) is 6.42. The van der Waals surface area contributed by atoms with Crippen molar-refractivity contribution in [1.29, 1.82) is 0 Å². The molecule has 0 saturated heterocycles. The summed E-state index contributed by atoms with van der Waals surface area (Å²) in [5.74, 6) is 0.0350. The molecule has 0 aliphatic carbocycles. The molecule has 1 atom stereocenters. The lowest BCUT2D eigenvalue weighted by atomic mass is 10.1. The highest BCUT2D eigenvalue weighted by atomic mass is 79.9. The topological polar surface area (TPSA) is 20.3 Å². The number of halogens is 1. The maximum Gasteiger partial charge on any atom is 0.255 e. The van der Waals surface area contributed by atoms with Crippen molar-refractivity contribution in [3.05, 3.63) is 56.2 Å². The first-order valence-corrected chi connectivity index (χ1v) is 7.74. The summed E-state index contributed by atoms with van der Waals surface area (Å²) < 4.78 is 0.850. The molecule has 1 aromatic carbocycles. The van der Waals surface area contributed by atoms with Crippen LogP contribution in [-0.4, -0.2) is 17.9 Å². The number of aryl methyl sites for hydroxylation is 1. The van der Waals surface area contributed by atoms with Crippen LogP contribution in [0.1, 0.15) is 33.8 Å². The number of carbonyl (C=O) groups is 1. The van der Waals surface area contributed by atoms with Gasteiger partial charge in [0.1, 0.15) is 0 Å². The fourth-order valence-corrected chi connectivity index (χ4v) is 3.37. The van der Waals surface area contributed by atoms with E-state index in [-0.39, 0.29) is 11.9 Å². The van der Waals surface area contributed by atoms with Gasteiger partial charge in [-0.25, -0.2) is 0 Å². The smallest absolute Gasteiger partial charge is 0.255 e. The van der Waals surface area contributed by atoms with Crippen molar-refractivity contribution < 1.29 is 4.79 Å². The Kier molecular flexibility index (Phi) is 4.42. The Morgan fingerprint density at radius 3 is 2.68 bits per heavy atom. The highest BCUT2D eigenvalue weighted by Gasteiger charge is 2.21.